The number of hydrogen-bond donors (Lipinski definition) is 1. The van der Waals surface area contributed by atoms with Gasteiger partial charge < -0.3 is 5.73 Å². The SMILES string of the molecule is N#Cc1csc2ccc(N)c(I)c12. The van der Waals surface area contributed by atoms with E-state index in [1.165, 1.54) is 0 Å². The van der Waals surface area contributed by atoms with E-state index in [9.17, 15) is 0 Å². The van der Waals surface area contributed by atoms with Gasteiger partial charge >= 0.3 is 0 Å². The van der Waals surface area contributed by atoms with E-state index in [1.54, 1.807) is 11.3 Å². The smallest absolute Gasteiger partial charge is 0.101 e. The van der Waals surface area contributed by atoms with Gasteiger partial charge in [0.1, 0.15) is 6.07 Å². The zero-order valence-electron chi connectivity index (χ0n) is 6.54. The summed E-state index contributed by atoms with van der Waals surface area (Å²) in [5.41, 5.74) is 7.21. The van der Waals surface area contributed by atoms with Gasteiger partial charge in [0, 0.05) is 24.7 Å². The summed E-state index contributed by atoms with van der Waals surface area (Å²) in [6.45, 7) is 0. The predicted molar refractivity (Wildman–Crippen MR) is 63.7 cm³/mol. The van der Waals surface area contributed by atoms with Crippen molar-refractivity contribution in [2.75, 3.05) is 5.73 Å². The van der Waals surface area contributed by atoms with Crippen LogP contribution in [0.15, 0.2) is 17.5 Å². The van der Waals surface area contributed by atoms with Gasteiger partial charge in [-0.15, -0.1) is 11.3 Å². The van der Waals surface area contributed by atoms with Crippen LogP contribution in [0.3, 0.4) is 0 Å². The van der Waals surface area contributed by atoms with Gasteiger partial charge in [-0.2, -0.15) is 5.26 Å². The molecule has 0 atom stereocenters. The third-order valence-electron chi connectivity index (χ3n) is 1.83. The van der Waals surface area contributed by atoms with E-state index in [2.05, 4.69) is 28.7 Å². The molecular formula is C9H5IN2S. The number of halogens is 1. The second-order valence-electron chi connectivity index (χ2n) is 2.60. The number of nitrogens with two attached hydrogens (primary N) is 1. The standard InChI is InChI=1S/C9H5IN2S/c10-9-6(12)1-2-7-8(9)5(3-11)4-13-7/h1-2,4H,12H2. The lowest BCUT2D eigenvalue weighted by molar-refractivity contribution is 1.51. The van der Waals surface area contributed by atoms with Crippen molar-refractivity contribution in [3.05, 3.63) is 26.6 Å². The number of fused-ring (bicyclic) bond motifs is 1. The van der Waals surface area contributed by atoms with Crippen LogP contribution in [-0.2, 0) is 0 Å². The van der Waals surface area contributed by atoms with Gasteiger partial charge in [-0.3, -0.25) is 0 Å². The third kappa shape index (κ3) is 1.28. The third-order valence-corrected chi connectivity index (χ3v) is 3.94. The summed E-state index contributed by atoms with van der Waals surface area (Å²) >= 11 is 3.76. The topological polar surface area (TPSA) is 49.8 Å². The summed E-state index contributed by atoms with van der Waals surface area (Å²) in [6, 6.07) is 6.00. The molecule has 1 heterocycles. The van der Waals surface area contributed by atoms with E-state index in [1.807, 2.05) is 17.5 Å². The van der Waals surface area contributed by atoms with E-state index in [4.69, 9.17) is 11.0 Å². The van der Waals surface area contributed by atoms with Gasteiger partial charge in [-0.05, 0) is 34.7 Å². The Morgan fingerprint density at radius 2 is 2.23 bits per heavy atom. The van der Waals surface area contributed by atoms with Crippen molar-refractivity contribution in [1.82, 2.24) is 0 Å². The highest BCUT2D eigenvalue weighted by atomic mass is 127. The minimum atomic E-state index is 0.719. The first-order valence-electron chi connectivity index (χ1n) is 3.59. The Balaban J connectivity index is 2.95. The summed E-state index contributed by atoms with van der Waals surface area (Å²) in [7, 11) is 0. The number of nitriles is 1. The highest BCUT2D eigenvalue weighted by Crippen LogP contribution is 2.32. The van der Waals surface area contributed by atoms with Crippen LogP contribution in [0.5, 0.6) is 0 Å². The fourth-order valence-electron chi connectivity index (χ4n) is 1.19. The number of nitrogen functional groups attached to an aromatic ring is 1. The van der Waals surface area contributed by atoms with E-state index < -0.39 is 0 Å². The Morgan fingerprint density at radius 1 is 1.46 bits per heavy atom. The molecule has 64 valence electrons. The highest BCUT2D eigenvalue weighted by molar-refractivity contribution is 14.1. The number of thiophene rings is 1. The van der Waals surface area contributed by atoms with Crippen LogP contribution in [0.2, 0.25) is 0 Å². The van der Waals surface area contributed by atoms with E-state index in [0.717, 1.165) is 24.9 Å². The fourth-order valence-corrected chi connectivity index (χ4v) is 3.02. The van der Waals surface area contributed by atoms with Crippen molar-refractivity contribution < 1.29 is 0 Å². The maximum atomic E-state index is 8.85. The van der Waals surface area contributed by atoms with Crippen molar-refractivity contribution in [2.45, 2.75) is 0 Å². The molecule has 0 aliphatic carbocycles. The molecule has 2 N–H and O–H groups in total. The molecule has 0 radical (unpaired) electrons. The molecule has 0 aliphatic heterocycles. The Kier molecular flexibility index (Phi) is 2.14. The fraction of sp³-hybridized carbons (Fsp3) is 0. The van der Waals surface area contributed by atoms with E-state index >= 15 is 0 Å². The van der Waals surface area contributed by atoms with Crippen LogP contribution in [-0.4, -0.2) is 0 Å². The Morgan fingerprint density at radius 3 is 2.92 bits per heavy atom. The highest BCUT2D eigenvalue weighted by Gasteiger charge is 2.08. The molecule has 13 heavy (non-hydrogen) atoms. The van der Waals surface area contributed by atoms with E-state index in [0.29, 0.717) is 0 Å². The average Bonchev–Trinajstić information content (AvgIpc) is 2.55. The summed E-state index contributed by atoms with van der Waals surface area (Å²) in [4.78, 5) is 0. The minimum absolute atomic E-state index is 0.719. The number of hydrogen-bond acceptors (Lipinski definition) is 3. The maximum absolute atomic E-state index is 8.85. The second kappa shape index (κ2) is 3.16. The summed E-state index contributed by atoms with van der Waals surface area (Å²) < 4.78 is 2.10. The Labute approximate surface area is 93.1 Å². The van der Waals surface area contributed by atoms with Crippen LogP contribution in [0.25, 0.3) is 10.1 Å². The van der Waals surface area contributed by atoms with Gasteiger partial charge in [0.05, 0.1) is 5.56 Å². The van der Waals surface area contributed by atoms with Crippen LogP contribution in [0, 0.1) is 14.9 Å². The van der Waals surface area contributed by atoms with Crippen molar-refractivity contribution in [1.29, 1.82) is 5.26 Å². The molecule has 0 amide bonds. The molecule has 2 rings (SSSR count). The summed E-state index contributed by atoms with van der Waals surface area (Å²) in [5.74, 6) is 0. The Bertz CT molecular complexity index is 510. The van der Waals surface area contributed by atoms with Gasteiger partial charge in [-0.1, -0.05) is 0 Å². The van der Waals surface area contributed by atoms with Gasteiger partial charge in [-0.25, -0.2) is 0 Å². The molecule has 0 aliphatic rings. The van der Waals surface area contributed by atoms with Crippen molar-refractivity contribution >= 4 is 49.7 Å². The number of benzene rings is 1. The zero-order chi connectivity index (χ0) is 9.42. The zero-order valence-corrected chi connectivity index (χ0v) is 9.52. The van der Waals surface area contributed by atoms with Gasteiger partial charge in [0.25, 0.3) is 0 Å². The van der Waals surface area contributed by atoms with Crippen LogP contribution < -0.4 is 5.73 Å². The maximum Gasteiger partial charge on any atom is 0.101 e. The largest absolute Gasteiger partial charge is 0.398 e. The lowest BCUT2D eigenvalue weighted by Gasteiger charge is -1.99. The molecule has 2 aromatic rings. The molecule has 0 saturated heterocycles. The molecule has 0 unspecified atom stereocenters. The lowest BCUT2D eigenvalue weighted by atomic mass is 10.2. The Hall–Kier alpha value is -0.800. The number of anilines is 1. The first-order valence-corrected chi connectivity index (χ1v) is 5.55. The first kappa shape index (κ1) is 8.78. The number of rotatable bonds is 0. The number of nitrogens with zero attached hydrogens (tertiary/aromatic N) is 1. The molecule has 1 aromatic heterocycles. The lowest BCUT2D eigenvalue weighted by Crippen LogP contribution is -1.89. The molecular weight excluding hydrogens is 295 g/mol. The molecule has 4 heteroatoms. The molecule has 0 fully saturated rings. The summed E-state index contributed by atoms with van der Waals surface area (Å²) in [5, 5.41) is 11.7. The summed E-state index contributed by atoms with van der Waals surface area (Å²) in [6.07, 6.45) is 0. The van der Waals surface area contributed by atoms with Crippen molar-refractivity contribution in [3.8, 4) is 6.07 Å². The van der Waals surface area contributed by atoms with Crippen molar-refractivity contribution in [3.63, 3.8) is 0 Å². The van der Waals surface area contributed by atoms with Crippen LogP contribution in [0.4, 0.5) is 5.69 Å². The van der Waals surface area contributed by atoms with Crippen LogP contribution in [0.1, 0.15) is 5.56 Å². The minimum Gasteiger partial charge on any atom is -0.398 e. The van der Waals surface area contributed by atoms with E-state index in [-0.39, 0.29) is 0 Å². The normalized spacial score (nSPS) is 10.2. The second-order valence-corrected chi connectivity index (χ2v) is 4.59. The molecule has 1 aromatic carbocycles. The average molecular weight is 300 g/mol. The van der Waals surface area contributed by atoms with Gasteiger partial charge in [0.2, 0.25) is 0 Å². The molecule has 0 bridgehead atoms. The molecule has 2 nitrogen and oxygen atoms in total. The molecule has 0 saturated carbocycles. The predicted octanol–water partition coefficient (Wildman–Crippen LogP) is 2.96. The first-order chi connectivity index (χ1) is 6.24. The van der Waals surface area contributed by atoms with Crippen molar-refractivity contribution in [2.24, 2.45) is 0 Å². The quantitative estimate of drug-likeness (QED) is 0.600. The monoisotopic (exact) mass is 300 g/mol. The van der Waals surface area contributed by atoms with Gasteiger partial charge in [0.15, 0.2) is 0 Å². The van der Waals surface area contributed by atoms with Crippen LogP contribution >= 0.6 is 33.9 Å². The molecule has 0 spiro atoms.